The van der Waals surface area contributed by atoms with Gasteiger partial charge < -0.3 is 19.5 Å². The average molecular weight is 453 g/mol. The number of amides is 1. The lowest BCUT2D eigenvalue weighted by molar-refractivity contribution is -0.149. The molecule has 1 aliphatic rings. The third-order valence-corrected chi connectivity index (χ3v) is 6.12. The molecular formula is C26H32N2O5. The summed E-state index contributed by atoms with van der Waals surface area (Å²) in [6.07, 6.45) is 2.47. The van der Waals surface area contributed by atoms with E-state index in [0.29, 0.717) is 32.5 Å². The van der Waals surface area contributed by atoms with Gasteiger partial charge in [-0.25, -0.2) is 9.59 Å². The van der Waals surface area contributed by atoms with E-state index >= 15 is 0 Å². The number of benzene rings is 2. The van der Waals surface area contributed by atoms with E-state index in [0.717, 1.165) is 16.9 Å². The van der Waals surface area contributed by atoms with Gasteiger partial charge in [-0.05, 0) is 36.1 Å². The summed E-state index contributed by atoms with van der Waals surface area (Å²) in [6, 6.07) is 16.5. The van der Waals surface area contributed by atoms with E-state index in [2.05, 4.69) is 11.9 Å². The molecule has 1 fully saturated rings. The highest BCUT2D eigenvalue weighted by Gasteiger charge is 2.53. The topological polar surface area (TPSA) is 77.1 Å². The van der Waals surface area contributed by atoms with Gasteiger partial charge in [-0.2, -0.15) is 0 Å². The number of hydrogen-bond donors (Lipinski definition) is 1. The molecule has 7 nitrogen and oxygen atoms in total. The number of allylic oxidation sites excluding steroid dienone is 1. The van der Waals surface area contributed by atoms with Crippen molar-refractivity contribution < 1.29 is 23.8 Å². The van der Waals surface area contributed by atoms with Gasteiger partial charge in [0, 0.05) is 25.0 Å². The minimum atomic E-state index is -0.757. The molecule has 33 heavy (non-hydrogen) atoms. The first-order valence-electron chi connectivity index (χ1n) is 11.0. The summed E-state index contributed by atoms with van der Waals surface area (Å²) in [5, 5.41) is 3.46. The highest BCUT2D eigenvalue weighted by atomic mass is 16.6. The normalized spacial score (nSPS) is 19.7. The number of carbonyl (C=O) groups excluding carboxylic acids is 2. The molecule has 2 aromatic carbocycles. The first kappa shape index (κ1) is 24.3. The zero-order valence-corrected chi connectivity index (χ0v) is 19.3. The maximum Gasteiger partial charge on any atom is 0.410 e. The minimum Gasteiger partial charge on any atom is -0.497 e. The van der Waals surface area contributed by atoms with E-state index in [1.165, 1.54) is 12.0 Å². The van der Waals surface area contributed by atoms with Crippen LogP contribution in [-0.4, -0.2) is 50.3 Å². The van der Waals surface area contributed by atoms with Gasteiger partial charge in [-0.3, -0.25) is 4.90 Å². The van der Waals surface area contributed by atoms with Crippen molar-refractivity contribution >= 4 is 12.1 Å². The first-order chi connectivity index (χ1) is 16.0. The van der Waals surface area contributed by atoms with Crippen LogP contribution < -0.4 is 10.1 Å². The number of hydrogen-bond acceptors (Lipinski definition) is 6. The van der Waals surface area contributed by atoms with Crippen LogP contribution in [0.25, 0.3) is 0 Å². The molecule has 7 heteroatoms. The van der Waals surface area contributed by atoms with Crippen LogP contribution in [0.3, 0.4) is 0 Å². The van der Waals surface area contributed by atoms with Gasteiger partial charge in [-0.15, -0.1) is 6.58 Å². The lowest BCUT2D eigenvalue weighted by Gasteiger charge is -2.35. The smallest absolute Gasteiger partial charge is 0.410 e. The van der Waals surface area contributed by atoms with Crippen molar-refractivity contribution in [2.75, 3.05) is 27.3 Å². The van der Waals surface area contributed by atoms with Gasteiger partial charge in [0.1, 0.15) is 18.4 Å². The molecule has 0 saturated carbocycles. The Hall–Kier alpha value is -3.32. The fourth-order valence-electron chi connectivity index (χ4n) is 4.38. The lowest BCUT2D eigenvalue weighted by atomic mass is 9.77. The van der Waals surface area contributed by atoms with Crippen molar-refractivity contribution in [3.05, 3.63) is 78.4 Å². The van der Waals surface area contributed by atoms with Crippen molar-refractivity contribution in [3.8, 4) is 5.75 Å². The molecule has 1 heterocycles. The van der Waals surface area contributed by atoms with Crippen LogP contribution in [0.5, 0.6) is 5.75 Å². The molecule has 2 aromatic rings. The molecular weight excluding hydrogens is 420 g/mol. The summed E-state index contributed by atoms with van der Waals surface area (Å²) < 4.78 is 15.8. The third-order valence-electron chi connectivity index (χ3n) is 6.12. The first-order valence-corrected chi connectivity index (χ1v) is 11.0. The average Bonchev–Trinajstić information content (AvgIpc) is 3.22. The van der Waals surface area contributed by atoms with Crippen LogP contribution in [0.1, 0.15) is 24.0 Å². The zero-order chi connectivity index (χ0) is 23.7. The number of nitrogens with one attached hydrogen (secondary N) is 1. The lowest BCUT2D eigenvalue weighted by Crippen LogP contribution is -2.52. The van der Waals surface area contributed by atoms with E-state index < -0.39 is 23.5 Å². The maximum absolute atomic E-state index is 12.9. The van der Waals surface area contributed by atoms with Crippen LogP contribution in [-0.2, 0) is 27.4 Å². The summed E-state index contributed by atoms with van der Waals surface area (Å²) in [5.41, 5.74) is 1.45. The Balaban J connectivity index is 1.70. The summed E-state index contributed by atoms with van der Waals surface area (Å²) in [6.45, 7) is 5.59. The van der Waals surface area contributed by atoms with Crippen LogP contribution in [0.4, 0.5) is 4.79 Å². The molecule has 2 atom stereocenters. The molecule has 1 saturated heterocycles. The second kappa shape index (κ2) is 11.5. The molecule has 1 aliphatic heterocycles. The number of esters is 1. The SMILES string of the molecule is C=CC[C@]1(CNCc2ccc(OC)cc2)CCN(C(=O)OCc2ccccc2)[C@@H]1C(=O)OC. The second-order valence-corrected chi connectivity index (χ2v) is 8.22. The molecule has 0 aliphatic carbocycles. The highest BCUT2D eigenvalue weighted by Crippen LogP contribution is 2.41. The standard InChI is InChI=1S/C26H32N2O5/c1-4-14-26(19-27-17-20-10-12-22(31-2)13-11-20)15-16-28(23(26)24(29)32-3)25(30)33-18-21-8-6-5-7-9-21/h4-13,23,27H,1,14-19H2,2-3H3/t23-,26-/m1/s1. The minimum absolute atomic E-state index is 0.147. The Morgan fingerprint density at radius 2 is 1.85 bits per heavy atom. The fourth-order valence-corrected chi connectivity index (χ4v) is 4.38. The number of ether oxygens (including phenoxy) is 3. The summed E-state index contributed by atoms with van der Waals surface area (Å²) in [7, 11) is 2.98. The van der Waals surface area contributed by atoms with Crippen molar-refractivity contribution in [1.29, 1.82) is 0 Å². The van der Waals surface area contributed by atoms with Gasteiger partial charge in [0.15, 0.2) is 0 Å². The second-order valence-electron chi connectivity index (χ2n) is 8.22. The number of likely N-dealkylation sites (tertiary alicyclic amines) is 1. The van der Waals surface area contributed by atoms with Crippen LogP contribution in [0, 0.1) is 5.41 Å². The van der Waals surface area contributed by atoms with E-state index in [-0.39, 0.29) is 6.61 Å². The Bertz CT molecular complexity index is 931. The molecule has 1 N–H and O–H groups in total. The molecule has 0 radical (unpaired) electrons. The Labute approximate surface area is 195 Å². The van der Waals surface area contributed by atoms with Gasteiger partial charge in [0.05, 0.1) is 14.2 Å². The van der Waals surface area contributed by atoms with E-state index in [4.69, 9.17) is 14.2 Å². The predicted molar refractivity (Wildman–Crippen MR) is 126 cm³/mol. The van der Waals surface area contributed by atoms with Gasteiger partial charge in [0.25, 0.3) is 0 Å². The Morgan fingerprint density at radius 1 is 1.12 bits per heavy atom. The largest absolute Gasteiger partial charge is 0.497 e. The van der Waals surface area contributed by atoms with E-state index in [1.807, 2.05) is 54.6 Å². The van der Waals surface area contributed by atoms with Crippen molar-refractivity contribution in [1.82, 2.24) is 10.2 Å². The summed E-state index contributed by atoms with van der Waals surface area (Å²) in [4.78, 5) is 27.3. The molecule has 0 bridgehead atoms. The summed E-state index contributed by atoms with van der Waals surface area (Å²) >= 11 is 0. The van der Waals surface area contributed by atoms with Gasteiger partial charge in [0.2, 0.25) is 0 Å². The van der Waals surface area contributed by atoms with Crippen molar-refractivity contribution in [2.24, 2.45) is 5.41 Å². The highest BCUT2D eigenvalue weighted by molar-refractivity contribution is 5.83. The monoisotopic (exact) mass is 452 g/mol. The number of methoxy groups -OCH3 is 2. The zero-order valence-electron chi connectivity index (χ0n) is 19.3. The van der Waals surface area contributed by atoms with Crippen LogP contribution >= 0.6 is 0 Å². The van der Waals surface area contributed by atoms with Gasteiger partial charge in [-0.1, -0.05) is 48.5 Å². The molecule has 176 valence electrons. The molecule has 1 amide bonds. The van der Waals surface area contributed by atoms with E-state index in [1.54, 1.807) is 13.2 Å². The van der Waals surface area contributed by atoms with Gasteiger partial charge >= 0.3 is 12.1 Å². The Morgan fingerprint density at radius 3 is 2.48 bits per heavy atom. The fraction of sp³-hybridized carbons (Fsp3) is 0.385. The molecule has 0 unspecified atom stereocenters. The van der Waals surface area contributed by atoms with Crippen molar-refractivity contribution in [3.63, 3.8) is 0 Å². The molecule has 0 spiro atoms. The molecule has 0 aromatic heterocycles. The van der Waals surface area contributed by atoms with Crippen LogP contribution in [0.2, 0.25) is 0 Å². The maximum atomic E-state index is 12.9. The number of nitrogens with zero attached hydrogens (tertiary/aromatic N) is 1. The number of carbonyl (C=O) groups is 2. The van der Waals surface area contributed by atoms with Crippen LogP contribution in [0.15, 0.2) is 67.3 Å². The third kappa shape index (κ3) is 5.93. The van der Waals surface area contributed by atoms with Crippen molar-refractivity contribution in [2.45, 2.75) is 32.0 Å². The van der Waals surface area contributed by atoms with E-state index in [9.17, 15) is 9.59 Å². The molecule has 3 rings (SSSR count). The Kier molecular flexibility index (Phi) is 8.49. The number of rotatable bonds is 10. The quantitative estimate of drug-likeness (QED) is 0.435. The summed E-state index contributed by atoms with van der Waals surface area (Å²) in [5.74, 6) is 0.352. The predicted octanol–water partition coefficient (Wildman–Crippen LogP) is 3.93.